The standard InChI is InChI=1S/C32H23Cl2N3O6S2/c33-15-3-1-14(2-4-15)13-43-22-10-9-18(37(41)42)11-19(22)23-24-20-12-21(27(24)44-29-28(23)45-32(40)35-29)26-25(20)30(38)36(31(26)39)17-7-5-16(34)6-8-17/h1-11,20-21,23-27H,12-13H2,(H,35,40)/t20-,21-,23?,24?,25?,26?,27?/m1/s1. The number of carbonyl (C=O) groups excluding carboxylic acids is 2. The Morgan fingerprint density at radius 3 is 2.29 bits per heavy atom. The molecular formula is C32H23Cl2N3O6S2. The number of amides is 2. The van der Waals surface area contributed by atoms with Crippen LogP contribution in [0.3, 0.4) is 0 Å². The summed E-state index contributed by atoms with van der Waals surface area (Å²) in [6.45, 7) is 0.202. The van der Waals surface area contributed by atoms with Crippen molar-refractivity contribution in [3.05, 3.63) is 113 Å². The molecular weight excluding hydrogens is 657 g/mol. The van der Waals surface area contributed by atoms with Crippen molar-refractivity contribution in [1.29, 1.82) is 0 Å². The number of hydrogen-bond donors (Lipinski definition) is 1. The summed E-state index contributed by atoms with van der Waals surface area (Å²) >= 11 is 14.8. The molecule has 13 heteroatoms. The number of non-ortho nitro benzene ring substituents is 1. The molecule has 4 aliphatic rings. The Labute approximate surface area is 274 Å². The highest BCUT2D eigenvalue weighted by atomic mass is 35.5. The Morgan fingerprint density at radius 2 is 1.60 bits per heavy atom. The van der Waals surface area contributed by atoms with Crippen molar-refractivity contribution in [1.82, 2.24) is 4.98 Å². The number of hydrogen-bond acceptors (Lipinski definition) is 8. The second kappa shape index (κ2) is 10.7. The first-order chi connectivity index (χ1) is 21.7. The molecule has 2 bridgehead atoms. The summed E-state index contributed by atoms with van der Waals surface area (Å²) in [5.41, 5.74) is 1.87. The zero-order valence-corrected chi connectivity index (χ0v) is 26.4. The summed E-state index contributed by atoms with van der Waals surface area (Å²) in [6, 6.07) is 18.5. The minimum absolute atomic E-state index is 0.0794. The van der Waals surface area contributed by atoms with E-state index in [2.05, 4.69) is 4.98 Å². The summed E-state index contributed by atoms with van der Waals surface area (Å²) in [6.07, 6.45) is 0.690. The molecule has 2 amide bonds. The number of imide groups is 1. The lowest BCUT2D eigenvalue weighted by molar-refractivity contribution is -0.385. The molecule has 1 saturated heterocycles. The highest BCUT2D eigenvalue weighted by molar-refractivity contribution is 8.00. The average Bonchev–Trinajstić information content (AvgIpc) is 3.76. The van der Waals surface area contributed by atoms with Gasteiger partial charge < -0.3 is 9.72 Å². The molecule has 2 saturated carbocycles. The number of anilines is 1. The Morgan fingerprint density at radius 1 is 0.933 bits per heavy atom. The van der Waals surface area contributed by atoms with Gasteiger partial charge in [-0.05, 0) is 72.2 Å². The van der Waals surface area contributed by atoms with Gasteiger partial charge in [0.05, 0.1) is 27.5 Å². The molecule has 7 atom stereocenters. The van der Waals surface area contributed by atoms with E-state index in [1.165, 1.54) is 17.0 Å². The minimum atomic E-state index is -0.517. The smallest absolute Gasteiger partial charge is 0.305 e. The number of carbonyl (C=O) groups is 2. The zero-order valence-electron chi connectivity index (χ0n) is 23.2. The van der Waals surface area contributed by atoms with Gasteiger partial charge in [0.25, 0.3) is 5.69 Å². The van der Waals surface area contributed by atoms with Gasteiger partial charge in [-0.2, -0.15) is 0 Å². The number of aromatic amines is 1. The molecule has 1 aromatic heterocycles. The van der Waals surface area contributed by atoms with Crippen LogP contribution in [0.15, 0.2) is 76.6 Å². The number of rotatable bonds is 6. The number of nitro groups is 1. The third-order valence-electron chi connectivity index (χ3n) is 9.66. The van der Waals surface area contributed by atoms with Crippen molar-refractivity contribution in [2.45, 2.75) is 29.2 Å². The molecule has 45 heavy (non-hydrogen) atoms. The molecule has 3 heterocycles. The first-order valence-electron chi connectivity index (χ1n) is 14.4. The predicted molar refractivity (Wildman–Crippen MR) is 171 cm³/mol. The van der Waals surface area contributed by atoms with E-state index in [4.69, 9.17) is 27.9 Å². The predicted octanol–water partition coefficient (Wildman–Crippen LogP) is 6.91. The Kier molecular flexibility index (Phi) is 6.86. The quantitative estimate of drug-likeness (QED) is 0.133. The number of aromatic nitrogens is 1. The highest BCUT2D eigenvalue weighted by Gasteiger charge is 2.70. The Balaban J connectivity index is 1.22. The number of nitro benzene ring substituents is 1. The number of H-pyrrole nitrogens is 1. The molecule has 4 aromatic rings. The van der Waals surface area contributed by atoms with Crippen molar-refractivity contribution in [3.63, 3.8) is 0 Å². The first-order valence-corrected chi connectivity index (χ1v) is 16.8. The van der Waals surface area contributed by atoms with Gasteiger partial charge in [-0.3, -0.25) is 29.4 Å². The second-order valence-electron chi connectivity index (χ2n) is 11.8. The van der Waals surface area contributed by atoms with E-state index in [1.54, 1.807) is 54.2 Å². The lowest BCUT2D eigenvalue weighted by atomic mass is 9.68. The van der Waals surface area contributed by atoms with Crippen LogP contribution in [0.25, 0.3) is 0 Å². The molecule has 3 aromatic carbocycles. The van der Waals surface area contributed by atoms with Crippen molar-refractivity contribution in [2.75, 3.05) is 4.90 Å². The maximum Gasteiger partial charge on any atom is 0.305 e. The monoisotopic (exact) mass is 679 g/mol. The van der Waals surface area contributed by atoms with E-state index in [0.717, 1.165) is 21.8 Å². The summed E-state index contributed by atoms with van der Waals surface area (Å²) in [5.74, 6) is -1.81. The van der Waals surface area contributed by atoms with Gasteiger partial charge >= 0.3 is 4.87 Å². The maximum atomic E-state index is 14.0. The third kappa shape index (κ3) is 4.54. The summed E-state index contributed by atoms with van der Waals surface area (Å²) in [7, 11) is 0. The topological polar surface area (TPSA) is 123 Å². The number of thioether (sulfide) groups is 1. The van der Waals surface area contributed by atoms with Crippen molar-refractivity contribution < 1.29 is 19.2 Å². The molecule has 8 rings (SSSR count). The summed E-state index contributed by atoms with van der Waals surface area (Å²) in [4.78, 5) is 57.0. The molecule has 2 aliphatic carbocycles. The maximum absolute atomic E-state index is 14.0. The summed E-state index contributed by atoms with van der Waals surface area (Å²) in [5, 5.41) is 13.7. The van der Waals surface area contributed by atoms with E-state index in [9.17, 15) is 24.5 Å². The SMILES string of the molecule is O=C1C2C(C(=O)N1c1ccc(Cl)cc1)[C@@H]1C[C@H]2C2Sc3[nH]c(=O)sc3C(c3cc([N+](=O)[O-])ccc3OCc3ccc(Cl)cc3)C21. The number of nitrogens with zero attached hydrogens (tertiary/aromatic N) is 2. The molecule has 0 spiro atoms. The Bertz CT molecular complexity index is 1950. The van der Waals surface area contributed by atoms with Crippen molar-refractivity contribution in [3.8, 4) is 5.75 Å². The van der Waals surface area contributed by atoms with Crippen LogP contribution in [-0.2, 0) is 16.2 Å². The molecule has 1 N–H and O–H groups in total. The highest BCUT2D eigenvalue weighted by Crippen LogP contribution is 2.69. The van der Waals surface area contributed by atoms with E-state index in [-0.39, 0.29) is 52.0 Å². The molecule has 3 fully saturated rings. The average molecular weight is 681 g/mol. The van der Waals surface area contributed by atoms with Crippen molar-refractivity contribution in [2.24, 2.45) is 29.6 Å². The van der Waals surface area contributed by atoms with Gasteiger partial charge in [0.1, 0.15) is 12.4 Å². The van der Waals surface area contributed by atoms with Crippen LogP contribution in [0.5, 0.6) is 5.75 Å². The lowest BCUT2D eigenvalue weighted by Gasteiger charge is -2.43. The van der Waals surface area contributed by atoms with Gasteiger partial charge in [-0.15, -0.1) is 11.8 Å². The van der Waals surface area contributed by atoms with Gasteiger partial charge in [-0.1, -0.05) is 46.7 Å². The first kappa shape index (κ1) is 28.8. The molecule has 2 aliphatic heterocycles. The number of halogens is 2. The van der Waals surface area contributed by atoms with Gasteiger partial charge in [0.2, 0.25) is 11.8 Å². The Hall–Kier alpha value is -3.64. The number of nitrogens with one attached hydrogen (secondary N) is 1. The zero-order chi connectivity index (χ0) is 31.1. The number of fused-ring (bicyclic) bond motifs is 9. The number of thiazole rings is 1. The van der Waals surface area contributed by atoms with Crippen LogP contribution in [0, 0.1) is 39.7 Å². The fourth-order valence-corrected chi connectivity index (χ4v) is 11.1. The van der Waals surface area contributed by atoms with Crippen LogP contribution in [-0.4, -0.2) is 27.0 Å². The second-order valence-corrected chi connectivity index (χ2v) is 14.9. The molecule has 9 nitrogen and oxygen atoms in total. The van der Waals surface area contributed by atoms with Gasteiger partial charge in [0, 0.05) is 43.8 Å². The van der Waals surface area contributed by atoms with Crippen LogP contribution in [0.4, 0.5) is 11.4 Å². The molecule has 5 unspecified atom stereocenters. The normalized spacial score (nSPS) is 27.8. The van der Waals surface area contributed by atoms with Gasteiger partial charge in [0.15, 0.2) is 0 Å². The van der Waals surface area contributed by atoms with Crippen LogP contribution >= 0.6 is 46.3 Å². The number of ether oxygens (including phenoxy) is 1. The van der Waals surface area contributed by atoms with E-state index in [0.29, 0.717) is 38.5 Å². The van der Waals surface area contributed by atoms with E-state index in [1.807, 2.05) is 12.1 Å². The van der Waals surface area contributed by atoms with Crippen LogP contribution in [0.1, 0.15) is 28.3 Å². The molecule has 0 radical (unpaired) electrons. The van der Waals surface area contributed by atoms with E-state index < -0.39 is 22.7 Å². The lowest BCUT2D eigenvalue weighted by Crippen LogP contribution is -2.42. The van der Waals surface area contributed by atoms with E-state index >= 15 is 0 Å². The van der Waals surface area contributed by atoms with Crippen LogP contribution < -0.4 is 14.5 Å². The van der Waals surface area contributed by atoms with Crippen LogP contribution in [0.2, 0.25) is 10.0 Å². The largest absolute Gasteiger partial charge is 0.489 e. The van der Waals surface area contributed by atoms with Gasteiger partial charge in [-0.25, -0.2) is 0 Å². The third-order valence-corrected chi connectivity index (χ3v) is 12.7. The molecule has 228 valence electrons. The fourth-order valence-electron chi connectivity index (χ4n) is 7.98. The fraction of sp³-hybridized carbons (Fsp3) is 0.281. The minimum Gasteiger partial charge on any atom is -0.489 e. The summed E-state index contributed by atoms with van der Waals surface area (Å²) < 4.78 is 6.31. The van der Waals surface area contributed by atoms with Crippen molar-refractivity contribution >= 4 is 69.5 Å². The number of benzene rings is 3.